The molecule has 0 amide bonds. The molecule has 1 atom stereocenters. The van der Waals surface area contributed by atoms with Gasteiger partial charge in [-0.05, 0) is 19.8 Å². The van der Waals surface area contributed by atoms with Crippen LogP contribution in [0.25, 0.3) is 0 Å². The molecule has 84 valence electrons. The molecule has 2 rings (SSSR count). The molecule has 0 bridgehead atoms. The van der Waals surface area contributed by atoms with E-state index in [2.05, 4.69) is 15.3 Å². The zero-order valence-electron chi connectivity index (χ0n) is 9.42. The van der Waals surface area contributed by atoms with Gasteiger partial charge in [0, 0.05) is 38.0 Å². The van der Waals surface area contributed by atoms with Gasteiger partial charge in [-0.25, -0.2) is 4.98 Å². The predicted octanol–water partition coefficient (Wildman–Crippen LogP) is 1.24. The molecule has 0 aromatic carbocycles. The Morgan fingerprint density at radius 3 is 3.13 bits per heavy atom. The first-order valence-electron chi connectivity index (χ1n) is 5.57. The molecule has 1 aromatic rings. The molecule has 1 saturated carbocycles. The van der Waals surface area contributed by atoms with Gasteiger partial charge in [0.2, 0.25) is 0 Å². The van der Waals surface area contributed by atoms with E-state index in [1.54, 1.807) is 7.11 Å². The van der Waals surface area contributed by atoms with E-state index in [0.29, 0.717) is 0 Å². The molecule has 1 fully saturated rings. The minimum absolute atomic E-state index is 0.223. The number of rotatable bonds is 6. The van der Waals surface area contributed by atoms with E-state index >= 15 is 0 Å². The van der Waals surface area contributed by atoms with E-state index in [1.807, 2.05) is 13.1 Å². The molecular weight excluding hydrogens is 190 g/mol. The van der Waals surface area contributed by atoms with Crippen molar-refractivity contribution >= 4 is 0 Å². The third kappa shape index (κ3) is 3.32. The van der Waals surface area contributed by atoms with Gasteiger partial charge in [-0.1, -0.05) is 0 Å². The highest BCUT2D eigenvalue weighted by molar-refractivity contribution is 5.02. The molecule has 4 nitrogen and oxygen atoms in total. The van der Waals surface area contributed by atoms with Crippen LogP contribution < -0.4 is 5.32 Å². The van der Waals surface area contributed by atoms with Crippen molar-refractivity contribution in [2.45, 2.75) is 44.9 Å². The number of imidazole rings is 1. The maximum atomic E-state index is 5.20. The zero-order valence-corrected chi connectivity index (χ0v) is 9.42. The topological polar surface area (TPSA) is 49.9 Å². The molecular formula is C11H19N3O. The second-order valence-electron chi connectivity index (χ2n) is 4.26. The van der Waals surface area contributed by atoms with E-state index in [4.69, 9.17) is 4.74 Å². The fraction of sp³-hybridized carbons (Fsp3) is 0.727. The summed E-state index contributed by atoms with van der Waals surface area (Å²) < 4.78 is 5.20. The van der Waals surface area contributed by atoms with Crippen LogP contribution in [0, 0.1) is 0 Å². The van der Waals surface area contributed by atoms with Gasteiger partial charge >= 0.3 is 0 Å². The van der Waals surface area contributed by atoms with Crippen LogP contribution in [0.5, 0.6) is 0 Å². The minimum Gasteiger partial charge on any atom is -0.381 e. The summed E-state index contributed by atoms with van der Waals surface area (Å²) in [5.74, 6) is 1.01. The maximum absolute atomic E-state index is 5.20. The molecule has 15 heavy (non-hydrogen) atoms. The van der Waals surface area contributed by atoms with Crippen molar-refractivity contribution in [3.05, 3.63) is 17.7 Å². The molecule has 1 aliphatic carbocycles. The van der Waals surface area contributed by atoms with Crippen LogP contribution in [-0.4, -0.2) is 29.2 Å². The number of ether oxygens (including phenoxy) is 1. The molecule has 1 aromatic heterocycles. The number of aromatic amines is 1. The van der Waals surface area contributed by atoms with Crippen molar-refractivity contribution in [1.82, 2.24) is 15.3 Å². The van der Waals surface area contributed by atoms with Crippen LogP contribution >= 0.6 is 0 Å². The number of hydrogen-bond acceptors (Lipinski definition) is 3. The quantitative estimate of drug-likeness (QED) is 0.741. The zero-order chi connectivity index (χ0) is 10.7. The largest absolute Gasteiger partial charge is 0.381 e. The van der Waals surface area contributed by atoms with Crippen LogP contribution in [0.2, 0.25) is 0 Å². The van der Waals surface area contributed by atoms with Crippen LogP contribution in [0.15, 0.2) is 6.20 Å². The summed E-state index contributed by atoms with van der Waals surface area (Å²) >= 11 is 0. The van der Waals surface area contributed by atoms with E-state index in [9.17, 15) is 0 Å². The molecule has 1 unspecified atom stereocenters. The Kier molecular flexibility index (Phi) is 3.38. The molecule has 0 spiro atoms. The fourth-order valence-corrected chi connectivity index (χ4v) is 1.50. The Hall–Kier alpha value is -0.870. The monoisotopic (exact) mass is 209 g/mol. The van der Waals surface area contributed by atoms with Gasteiger partial charge in [0.25, 0.3) is 0 Å². The van der Waals surface area contributed by atoms with E-state index in [1.165, 1.54) is 18.5 Å². The van der Waals surface area contributed by atoms with Crippen LogP contribution in [0.4, 0.5) is 0 Å². The summed E-state index contributed by atoms with van der Waals surface area (Å²) in [7, 11) is 1.73. The van der Waals surface area contributed by atoms with Crippen LogP contribution in [0.1, 0.15) is 31.3 Å². The Bertz CT molecular complexity index is 307. The van der Waals surface area contributed by atoms with Crippen LogP contribution in [-0.2, 0) is 17.7 Å². The van der Waals surface area contributed by atoms with Gasteiger partial charge in [0.15, 0.2) is 0 Å². The third-order valence-corrected chi connectivity index (χ3v) is 2.72. The first kappa shape index (κ1) is 10.6. The van der Waals surface area contributed by atoms with Crippen molar-refractivity contribution in [2.24, 2.45) is 0 Å². The average Bonchev–Trinajstić information content (AvgIpc) is 2.97. The van der Waals surface area contributed by atoms with E-state index < -0.39 is 0 Å². The normalized spacial score (nSPS) is 18.0. The maximum Gasteiger partial charge on any atom is 0.108 e. The molecule has 0 saturated heterocycles. The summed E-state index contributed by atoms with van der Waals surface area (Å²) in [6.45, 7) is 2.95. The average molecular weight is 209 g/mol. The van der Waals surface area contributed by atoms with E-state index in [0.717, 1.165) is 24.8 Å². The lowest BCUT2D eigenvalue weighted by atomic mass is 10.3. The molecule has 2 N–H and O–H groups in total. The summed E-state index contributed by atoms with van der Waals surface area (Å²) in [5, 5.41) is 3.45. The summed E-state index contributed by atoms with van der Waals surface area (Å²) in [6.07, 6.45) is 5.62. The SMILES string of the molecule is COC(C)Cc1ncc(CNC2CC2)[nH]1. The van der Waals surface area contributed by atoms with E-state index in [-0.39, 0.29) is 6.10 Å². The number of nitrogens with zero attached hydrogens (tertiary/aromatic N) is 1. The Morgan fingerprint density at radius 2 is 2.47 bits per heavy atom. The van der Waals surface area contributed by atoms with Crippen molar-refractivity contribution in [2.75, 3.05) is 7.11 Å². The van der Waals surface area contributed by atoms with Crippen molar-refractivity contribution in [1.29, 1.82) is 0 Å². The minimum atomic E-state index is 0.223. The lowest BCUT2D eigenvalue weighted by Gasteiger charge is -2.06. The molecule has 1 aliphatic rings. The summed E-state index contributed by atoms with van der Waals surface area (Å²) in [6, 6.07) is 0.745. The Balaban J connectivity index is 1.79. The second-order valence-corrected chi connectivity index (χ2v) is 4.26. The molecule has 4 heteroatoms. The number of methoxy groups -OCH3 is 1. The van der Waals surface area contributed by atoms with Gasteiger partial charge in [-0.2, -0.15) is 0 Å². The highest BCUT2D eigenvalue weighted by Crippen LogP contribution is 2.19. The first-order chi connectivity index (χ1) is 7.28. The van der Waals surface area contributed by atoms with Crippen molar-refractivity contribution in [3.63, 3.8) is 0 Å². The lowest BCUT2D eigenvalue weighted by molar-refractivity contribution is 0.117. The number of hydrogen-bond donors (Lipinski definition) is 2. The third-order valence-electron chi connectivity index (χ3n) is 2.72. The molecule has 0 radical (unpaired) electrons. The first-order valence-corrected chi connectivity index (χ1v) is 5.57. The predicted molar refractivity (Wildman–Crippen MR) is 58.6 cm³/mol. The smallest absolute Gasteiger partial charge is 0.108 e. The molecule has 0 aliphatic heterocycles. The van der Waals surface area contributed by atoms with Crippen molar-refractivity contribution < 1.29 is 4.74 Å². The summed E-state index contributed by atoms with van der Waals surface area (Å²) in [4.78, 5) is 7.63. The highest BCUT2D eigenvalue weighted by Gasteiger charge is 2.20. The van der Waals surface area contributed by atoms with Gasteiger partial charge in [-0.15, -0.1) is 0 Å². The summed E-state index contributed by atoms with van der Waals surface area (Å²) in [5.41, 5.74) is 1.17. The van der Waals surface area contributed by atoms with Crippen LogP contribution in [0.3, 0.4) is 0 Å². The lowest BCUT2D eigenvalue weighted by Crippen LogP contribution is -2.15. The fourth-order valence-electron chi connectivity index (χ4n) is 1.50. The van der Waals surface area contributed by atoms with Crippen molar-refractivity contribution in [3.8, 4) is 0 Å². The number of H-pyrrole nitrogens is 1. The Labute approximate surface area is 90.4 Å². The van der Waals surface area contributed by atoms with Gasteiger partial charge in [0.1, 0.15) is 5.82 Å². The number of nitrogens with one attached hydrogen (secondary N) is 2. The number of aromatic nitrogens is 2. The van der Waals surface area contributed by atoms with Gasteiger partial charge in [0.05, 0.1) is 6.10 Å². The Morgan fingerprint density at radius 1 is 1.67 bits per heavy atom. The highest BCUT2D eigenvalue weighted by atomic mass is 16.5. The molecule has 1 heterocycles. The van der Waals surface area contributed by atoms with Gasteiger partial charge in [-0.3, -0.25) is 0 Å². The van der Waals surface area contributed by atoms with Gasteiger partial charge < -0.3 is 15.0 Å². The standard InChI is InChI=1S/C11H19N3O/c1-8(15-2)5-11-13-7-10(14-11)6-12-9-3-4-9/h7-9,12H,3-6H2,1-2H3,(H,13,14). The second kappa shape index (κ2) is 4.77.